The Balaban J connectivity index is 2.36. The summed E-state index contributed by atoms with van der Waals surface area (Å²) < 4.78 is 0. The Morgan fingerprint density at radius 2 is 2.38 bits per heavy atom. The van der Waals surface area contributed by atoms with Crippen molar-refractivity contribution >= 4 is 11.3 Å². The van der Waals surface area contributed by atoms with E-state index < -0.39 is 0 Å². The summed E-state index contributed by atoms with van der Waals surface area (Å²) in [5, 5.41) is 11.5. The van der Waals surface area contributed by atoms with E-state index in [1.54, 1.807) is 12.4 Å². The van der Waals surface area contributed by atoms with Crippen molar-refractivity contribution in [2.75, 3.05) is 0 Å². The van der Waals surface area contributed by atoms with Crippen molar-refractivity contribution < 1.29 is 5.11 Å². The summed E-state index contributed by atoms with van der Waals surface area (Å²) in [4.78, 5) is 8.23. The van der Waals surface area contributed by atoms with E-state index in [1.807, 2.05) is 17.5 Å². The van der Waals surface area contributed by atoms with Gasteiger partial charge in [0.2, 0.25) is 0 Å². The molecule has 1 N–H and O–H groups in total. The van der Waals surface area contributed by atoms with Gasteiger partial charge in [-0.3, -0.25) is 4.98 Å². The molecule has 0 amide bonds. The second kappa shape index (κ2) is 3.64. The molecule has 4 heteroatoms. The number of pyridine rings is 1. The Kier molecular flexibility index (Phi) is 2.33. The average Bonchev–Trinajstić information content (AvgIpc) is 2.67. The summed E-state index contributed by atoms with van der Waals surface area (Å²) in [6.07, 6.45) is 3.49. The molecule has 0 aliphatic rings. The lowest BCUT2D eigenvalue weighted by atomic mass is 10.2. The van der Waals surface area contributed by atoms with Gasteiger partial charge in [0.25, 0.3) is 0 Å². The fourth-order valence-electron chi connectivity index (χ4n) is 1.03. The van der Waals surface area contributed by atoms with Gasteiger partial charge in [-0.2, -0.15) is 0 Å². The predicted molar refractivity (Wildman–Crippen MR) is 51.3 cm³/mol. The summed E-state index contributed by atoms with van der Waals surface area (Å²) in [7, 11) is 0. The molecule has 0 bridgehead atoms. The minimum atomic E-state index is 0.00489. The van der Waals surface area contributed by atoms with Crippen LogP contribution in [0.15, 0.2) is 29.9 Å². The molecular weight excluding hydrogens is 184 g/mol. The van der Waals surface area contributed by atoms with Crippen molar-refractivity contribution in [1.82, 2.24) is 9.97 Å². The number of aliphatic hydroxyl groups is 1. The van der Waals surface area contributed by atoms with Crippen LogP contribution in [0.25, 0.3) is 11.3 Å². The van der Waals surface area contributed by atoms with Crippen LogP contribution < -0.4 is 0 Å². The maximum absolute atomic E-state index is 8.83. The standard InChI is InChI=1S/C9H8N2OS/c12-5-9-11-8(6-13-9)7-2-1-3-10-4-7/h1-4,6,12H,5H2. The van der Waals surface area contributed by atoms with Gasteiger partial charge in [-0.15, -0.1) is 11.3 Å². The first-order valence-corrected chi connectivity index (χ1v) is 4.74. The molecule has 2 aromatic heterocycles. The Morgan fingerprint density at radius 1 is 1.46 bits per heavy atom. The third-order valence-corrected chi connectivity index (χ3v) is 2.48. The SMILES string of the molecule is OCc1nc(-c2cccnc2)cs1. The molecule has 2 rings (SSSR count). The Morgan fingerprint density at radius 3 is 3.00 bits per heavy atom. The van der Waals surface area contributed by atoms with Crippen molar-refractivity contribution in [2.45, 2.75) is 6.61 Å². The normalized spacial score (nSPS) is 10.2. The van der Waals surface area contributed by atoms with Crippen LogP contribution in [0.5, 0.6) is 0 Å². The van der Waals surface area contributed by atoms with Gasteiger partial charge in [-0.1, -0.05) is 0 Å². The Bertz CT molecular complexity index is 386. The van der Waals surface area contributed by atoms with Gasteiger partial charge in [-0.05, 0) is 12.1 Å². The lowest BCUT2D eigenvalue weighted by Gasteiger charge is -1.92. The minimum absolute atomic E-state index is 0.00489. The molecule has 2 aromatic rings. The first kappa shape index (κ1) is 8.34. The van der Waals surface area contributed by atoms with Gasteiger partial charge in [0.1, 0.15) is 5.01 Å². The molecule has 0 atom stereocenters. The number of nitrogens with zero attached hydrogens (tertiary/aromatic N) is 2. The second-order valence-corrected chi connectivity index (χ2v) is 3.47. The molecule has 0 saturated carbocycles. The summed E-state index contributed by atoms with van der Waals surface area (Å²) in [6, 6.07) is 3.82. The maximum atomic E-state index is 8.83. The fraction of sp³-hybridized carbons (Fsp3) is 0.111. The molecule has 0 aliphatic heterocycles. The molecule has 2 heterocycles. The van der Waals surface area contributed by atoms with E-state index in [9.17, 15) is 0 Å². The van der Waals surface area contributed by atoms with Gasteiger partial charge in [-0.25, -0.2) is 4.98 Å². The van der Waals surface area contributed by atoms with Crippen molar-refractivity contribution in [3.8, 4) is 11.3 Å². The van der Waals surface area contributed by atoms with Crippen LogP contribution in [0.2, 0.25) is 0 Å². The zero-order valence-corrected chi connectivity index (χ0v) is 7.66. The molecule has 0 saturated heterocycles. The highest BCUT2D eigenvalue weighted by Gasteiger charge is 2.02. The molecule has 0 fully saturated rings. The summed E-state index contributed by atoms with van der Waals surface area (Å²) in [5.41, 5.74) is 1.86. The summed E-state index contributed by atoms with van der Waals surface area (Å²) >= 11 is 1.46. The lowest BCUT2D eigenvalue weighted by molar-refractivity contribution is 0.281. The zero-order valence-electron chi connectivity index (χ0n) is 6.84. The molecule has 0 spiro atoms. The van der Waals surface area contributed by atoms with E-state index in [-0.39, 0.29) is 6.61 Å². The molecule has 3 nitrogen and oxygen atoms in total. The van der Waals surface area contributed by atoms with E-state index in [1.165, 1.54) is 11.3 Å². The first-order chi connectivity index (χ1) is 6.40. The van der Waals surface area contributed by atoms with E-state index in [4.69, 9.17) is 5.11 Å². The van der Waals surface area contributed by atoms with Crippen LogP contribution >= 0.6 is 11.3 Å². The van der Waals surface area contributed by atoms with Gasteiger partial charge < -0.3 is 5.11 Å². The van der Waals surface area contributed by atoms with Crippen LogP contribution in [0.1, 0.15) is 5.01 Å². The molecule has 0 aromatic carbocycles. The fourth-order valence-corrected chi connectivity index (χ4v) is 1.69. The molecule has 0 unspecified atom stereocenters. The molecule has 13 heavy (non-hydrogen) atoms. The number of aliphatic hydroxyl groups excluding tert-OH is 1. The van der Waals surface area contributed by atoms with E-state index in [0.29, 0.717) is 0 Å². The number of aromatic nitrogens is 2. The summed E-state index contributed by atoms with van der Waals surface area (Å²) in [5.74, 6) is 0. The van der Waals surface area contributed by atoms with Crippen molar-refractivity contribution in [1.29, 1.82) is 0 Å². The van der Waals surface area contributed by atoms with Crippen molar-refractivity contribution in [2.24, 2.45) is 0 Å². The second-order valence-electron chi connectivity index (χ2n) is 2.53. The van der Waals surface area contributed by atoms with Crippen molar-refractivity contribution in [3.63, 3.8) is 0 Å². The quantitative estimate of drug-likeness (QED) is 0.787. The largest absolute Gasteiger partial charge is 0.389 e. The maximum Gasteiger partial charge on any atom is 0.119 e. The molecular formula is C9H8N2OS. The zero-order chi connectivity index (χ0) is 9.10. The Hall–Kier alpha value is -1.26. The number of rotatable bonds is 2. The van der Waals surface area contributed by atoms with Crippen LogP contribution in [0.4, 0.5) is 0 Å². The van der Waals surface area contributed by atoms with Crippen LogP contribution in [0, 0.1) is 0 Å². The average molecular weight is 192 g/mol. The van der Waals surface area contributed by atoms with Crippen LogP contribution in [0.3, 0.4) is 0 Å². The molecule has 0 aliphatic carbocycles. The monoisotopic (exact) mass is 192 g/mol. The van der Waals surface area contributed by atoms with E-state index in [0.717, 1.165) is 16.3 Å². The highest BCUT2D eigenvalue weighted by molar-refractivity contribution is 7.09. The van der Waals surface area contributed by atoms with Gasteiger partial charge in [0.15, 0.2) is 0 Å². The highest BCUT2D eigenvalue weighted by atomic mass is 32.1. The summed E-state index contributed by atoms with van der Waals surface area (Å²) in [6.45, 7) is 0.00489. The number of thiazole rings is 1. The van der Waals surface area contributed by atoms with Crippen LogP contribution in [-0.2, 0) is 6.61 Å². The van der Waals surface area contributed by atoms with E-state index in [2.05, 4.69) is 9.97 Å². The van der Waals surface area contributed by atoms with Crippen LogP contribution in [-0.4, -0.2) is 15.1 Å². The third kappa shape index (κ3) is 1.74. The predicted octanol–water partition coefficient (Wildman–Crippen LogP) is 1.70. The topological polar surface area (TPSA) is 46.0 Å². The first-order valence-electron chi connectivity index (χ1n) is 3.86. The van der Waals surface area contributed by atoms with Crippen molar-refractivity contribution in [3.05, 3.63) is 34.9 Å². The molecule has 0 radical (unpaired) electrons. The highest BCUT2D eigenvalue weighted by Crippen LogP contribution is 2.20. The van der Waals surface area contributed by atoms with Gasteiger partial charge in [0.05, 0.1) is 12.3 Å². The Labute approximate surface area is 79.7 Å². The smallest absolute Gasteiger partial charge is 0.119 e. The minimum Gasteiger partial charge on any atom is -0.389 e. The lowest BCUT2D eigenvalue weighted by Crippen LogP contribution is -1.82. The van der Waals surface area contributed by atoms with E-state index >= 15 is 0 Å². The van der Waals surface area contributed by atoms with Gasteiger partial charge >= 0.3 is 0 Å². The number of hydrogen-bond donors (Lipinski definition) is 1. The number of hydrogen-bond acceptors (Lipinski definition) is 4. The third-order valence-electron chi connectivity index (χ3n) is 1.64. The molecule has 66 valence electrons. The van der Waals surface area contributed by atoms with Gasteiger partial charge in [0, 0.05) is 23.3 Å².